The molecule has 6 nitrogen and oxygen atoms in total. The molecular formula is C29H50BrF2N4O2P. The van der Waals surface area contributed by atoms with Crippen LogP contribution in [0, 0.1) is 23.7 Å². The summed E-state index contributed by atoms with van der Waals surface area (Å²) in [6, 6.07) is 1.30. The predicted molar refractivity (Wildman–Crippen MR) is 158 cm³/mol. The van der Waals surface area contributed by atoms with E-state index < -0.39 is 12.0 Å². The van der Waals surface area contributed by atoms with Crippen LogP contribution in [0.1, 0.15) is 84.5 Å². The first kappa shape index (κ1) is 30.6. The van der Waals surface area contributed by atoms with E-state index in [9.17, 15) is 13.9 Å². The average molecular weight is 636 g/mol. The van der Waals surface area contributed by atoms with Crippen LogP contribution in [0.4, 0.5) is 8.78 Å². The van der Waals surface area contributed by atoms with Gasteiger partial charge in [0.05, 0.1) is 23.2 Å². The van der Waals surface area contributed by atoms with Gasteiger partial charge < -0.3 is 20.1 Å². The molecule has 2 saturated carbocycles. The molecule has 5 rings (SSSR count). The van der Waals surface area contributed by atoms with E-state index in [2.05, 4.69) is 57.0 Å². The summed E-state index contributed by atoms with van der Waals surface area (Å²) in [7, 11) is 1.49. The molecule has 0 aromatic carbocycles. The van der Waals surface area contributed by atoms with Crippen molar-refractivity contribution in [2.45, 2.75) is 132 Å². The van der Waals surface area contributed by atoms with Gasteiger partial charge >= 0.3 is 5.85 Å². The lowest BCUT2D eigenvalue weighted by Crippen LogP contribution is -2.58. The van der Waals surface area contributed by atoms with Crippen molar-refractivity contribution in [3.05, 3.63) is 12.3 Å². The number of rotatable bonds is 9. The minimum atomic E-state index is -3.25. The van der Waals surface area contributed by atoms with E-state index in [0.717, 1.165) is 56.7 Å². The third kappa shape index (κ3) is 6.55. The minimum Gasteiger partial charge on any atom is -0.391 e. The minimum absolute atomic E-state index is 0.0421. The Labute approximate surface area is 244 Å². The number of ether oxygens (including phenoxy) is 1. The summed E-state index contributed by atoms with van der Waals surface area (Å²) in [6.07, 6.45) is 11.2. The fourth-order valence-electron chi connectivity index (χ4n) is 8.58. The lowest BCUT2D eigenvalue weighted by atomic mass is 9.68. The summed E-state index contributed by atoms with van der Waals surface area (Å²) < 4.78 is 32.4. The average Bonchev–Trinajstić information content (AvgIpc) is 3.21. The van der Waals surface area contributed by atoms with Crippen LogP contribution in [0.25, 0.3) is 0 Å². The largest absolute Gasteiger partial charge is 0.391 e. The zero-order chi connectivity index (χ0) is 27.9. The predicted octanol–water partition coefficient (Wildman–Crippen LogP) is 5.43. The summed E-state index contributed by atoms with van der Waals surface area (Å²) >= 11 is 3.48. The monoisotopic (exact) mass is 634 g/mol. The topological polar surface area (TPSA) is 60.0 Å². The van der Waals surface area contributed by atoms with Gasteiger partial charge in [0.25, 0.3) is 0 Å². The maximum Gasteiger partial charge on any atom is 0.367 e. The molecule has 0 amide bonds. The lowest BCUT2D eigenvalue weighted by Gasteiger charge is -2.50. The van der Waals surface area contributed by atoms with E-state index >= 15 is 0 Å². The molecule has 11 atom stereocenters. The molecule has 0 bridgehead atoms. The highest BCUT2D eigenvalue weighted by Gasteiger charge is 2.53. The molecule has 0 aromatic heterocycles. The fraction of sp³-hybridized carbons (Fsp3) is 0.931. The van der Waals surface area contributed by atoms with Crippen molar-refractivity contribution in [1.29, 1.82) is 0 Å². The molecule has 3 saturated heterocycles. The first-order chi connectivity index (χ1) is 18.6. The van der Waals surface area contributed by atoms with Gasteiger partial charge in [-0.3, -0.25) is 5.43 Å². The molecule has 5 fully saturated rings. The van der Waals surface area contributed by atoms with Crippen molar-refractivity contribution in [2.24, 2.45) is 23.7 Å². The van der Waals surface area contributed by atoms with Crippen LogP contribution < -0.4 is 10.7 Å². The van der Waals surface area contributed by atoms with Crippen LogP contribution in [0.5, 0.6) is 0 Å². The quantitative estimate of drug-likeness (QED) is 0.179. The van der Waals surface area contributed by atoms with E-state index in [1.165, 1.54) is 34.9 Å². The maximum absolute atomic E-state index is 13.7. The molecule has 10 heteroatoms. The maximum atomic E-state index is 13.7. The molecule has 3 heterocycles. The molecule has 0 radical (unpaired) electrons. The van der Waals surface area contributed by atoms with Crippen LogP contribution in [0.15, 0.2) is 12.3 Å². The molecule has 2 aliphatic carbocycles. The van der Waals surface area contributed by atoms with Gasteiger partial charge in [0.15, 0.2) is 0 Å². The summed E-state index contributed by atoms with van der Waals surface area (Å²) in [5, 5.41) is 17.2. The lowest BCUT2D eigenvalue weighted by molar-refractivity contribution is -0.201. The Morgan fingerprint density at radius 1 is 1.13 bits per heavy atom. The van der Waals surface area contributed by atoms with Crippen LogP contribution in [0.2, 0.25) is 0 Å². The van der Waals surface area contributed by atoms with Gasteiger partial charge in [-0.05, 0) is 66.0 Å². The Morgan fingerprint density at radius 2 is 1.90 bits per heavy atom. The van der Waals surface area contributed by atoms with E-state index in [1.54, 1.807) is 0 Å². The summed E-state index contributed by atoms with van der Waals surface area (Å²) in [5.74, 6) is -1.22. The number of halogens is 3. The second-order valence-corrected chi connectivity index (χ2v) is 14.5. The first-order valence-corrected chi connectivity index (χ1v) is 17.0. The normalized spacial score (nSPS) is 42.3. The Kier molecular flexibility index (Phi) is 10.0. The SMILES string of the molecule is C=C(C1CNC(Br)C(OC(F)(F)P)C1)N1CCC2C(C(CCC)NN2C2CCC(C3CCC3)CC2O)C1CC. The number of nitrogens with one attached hydrogen (secondary N) is 2. The second-order valence-electron chi connectivity index (χ2n) is 12.9. The van der Waals surface area contributed by atoms with Gasteiger partial charge in [-0.1, -0.05) is 62.0 Å². The molecule has 39 heavy (non-hydrogen) atoms. The zero-order valence-corrected chi connectivity index (χ0v) is 26.5. The van der Waals surface area contributed by atoms with Gasteiger partial charge in [0.1, 0.15) is 0 Å². The Bertz CT molecular complexity index is 849. The van der Waals surface area contributed by atoms with Crippen molar-refractivity contribution >= 4 is 25.2 Å². The third-order valence-electron chi connectivity index (χ3n) is 10.7. The van der Waals surface area contributed by atoms with Crippen LogP contribution >= 0.6 is 25.2 Å². The molecular weight excluding hydrogens is 585 g/mol. The molecule has 3 N–H and O–H groups in total. The van der Waals surface area contributed by atoms with Crippen LogP contribution in [0.3, 0.4) is 0 Å². The number of hydrazine groups is 1. The van der Waals surface area contributed by atoms with Gasteiger partial charge in [-0.2, -0.15) is 8.78 Å². The van der Waals surface area contributed by atoms with E-state index in [4.69, 9.17) is 4.74 Å². The number of aliphatic hydroxyl groups excluding tert-OH is 1. The van der Waals surface area contributed by atoms with Crippen molar-refractivity contribution in [2.75, 3.05) is 13.1 Å². The fourth-order valence-corrected chi connectivity index (χ4v) is 9.27. The number of likely N-dealkylation sites (tertiary alicyclic amines) is 1. The van der Waals surface area contributed by atoms with Crippen LogP contribution in [-0.2, 0) is 4.74 Å². The summed E-state index contributed by atoms with van der Waals surface area (Å²) in [5.41, 5.74) is 4.98. The second kappa shape index (κ2) is 12.8. The highest BCUT2D eigenvalue weighted by molar-refractivity contribution is 9.09. The summed E-state index contributed by atoms with van der Waals surface area (Å²) in [6.45, 7) is 10.7. The molecule has 5 aliphatic rings. The van der Waals surface area contributed by atoms with Gasteiger partial charge in [-0.25, -0.2) is 5.01 Å². The Hall–Kier alpha value is 0.110. The van der Waals surface area contributed by atoms with Crippen LogP contribution in [-0.4, -0.2) is 75.3 Å². The molecule has 224 valence electrons. The van der Waals surface area contributed by atoms with Crippen molar-refractivity contribution in [3.63, 3.8) is 0 Å². The van der Waals surface area contributed by atoms with Gasteiger partial charge in [0, 0.05) is 48.7 Å². The van der Waals surface area contributed by atoms with E-state index in [1.807, 2.05) is 0 Å². The number of alkyl halides is 3. The molecule has 11 unspecified atom stereocenters. The standard InChI is InChI=1S/C29H50BrF2N4O2P/c1-4-7-21-27-22(5-2)35(17(3)20-15-26(28(30)33-16-20)38-29(31,32)39)13-12-24(27)36(34-21)23-11-10-19(14-25(23)37)18-8-6-9-18/h18-28,33-34,37H,3-16,39H2,1-2H3. The number of nitrogens with zero attached hydrogens (tertiary/aromatic N) is 2. The van der Waals surface area contributed by atoms with Crippen molar-refractivity contribution < 1.29 is 18.6 Å². The van der Waals surface area contributed by atoms with Crippen molar-refractivity contribution in [3.8, 4) is 0 Å². The van der Waals surface area contributed by atoms with E-state index in [-0.39, 0.29) is 23.0 Å². The number of hydrogen-bond acceptors (Lipinski definition) is 6. The number of fused-ring (bicyclic) bond motifs is 1. The Morgan fingerprint density at radius 3 is 2.51 bits per heavy atom. The third-order valence-corrected chi connectivity index (χ3v) is 11.7. The highest BCUT2D eigenvalue weighted by atomic mass is 79.9. The molecule has 0 aromatic rings. The van der Waals surface area contributed by atoms with Crippen molar-refractivity contribution in [1.82, 2.24) is 20.7 Å². The smallest absolute Gasteiger partial charge is 0.367 e. The Balaban J connectivity index is 1.28. The zero-order valence-electron chi connectivity index (χ0n) is 23.7. The van der Waals surface area contributed by atoms with E-state index in [0.29, 0.717) is 42.9 Å². The molecule has 0 spiro atoms. The molecule has 3 aliphatic heterocycles. The highest BCUT2D eigenvalue weighted by Crippen LogP contribution is 2.46. The van der Waals surface area contributed by atoms with Gasteiger partial charge in [-0.15, -0.1) is 0 Å². The number of aliphatic hydroxyl groups is 1. The summed E-state index contributed by atoms with van der Waals surface area (Å²) in [4.78, 5) is 2.18. The first-order valence-electron chi connectivity index (χ1n) is 15.5. The number of hydrogen-bond donors (Lipinski definition) is 3. The number of piperidine rings is 2. The van der Waals surface area contributed by atoms with Gasteiger partial charge in [0.2, 0.25) is 0 Å².